The zero-order chi connectivity index (χ0) is 12.3. The fraction of sp³-hybridized carbons (Fsp3) is 0.909. The van der Waals surface area contributed by atoms with Gasteiger partial charge >= 0.3 is 0 Å². The molecule has 1 unspecified atom stereocenters. The first-order chi connectivity index (χ1) is 8.12. The molecule has 0 aromatic carbocycles. The topological polar surface area (TPSA) is 58.5 Å². The van der Waals surface area contributed by atoms with Crippen molar-refractivity contribution in [3.8, 4) is 0 Å². The van der Waals surface area contributed by atoms with Gasteiger partial charge in [-0.2, -0.15) is 0 Å². The Hall–Kier alpha value is -0.230. The smallest absolute Gasteiger partial charge is 0.246 e. The molecular weight excluding hydrogens is 256 g/mol. The van der Waals surface area contributed by atoms with E-state index in [0.717, 1.165) is 12.8 Å². The van der Waals surface area contributed by atoms with Gasteiger partial charge in [-0.3, -0.25) is 9.71 Å². The van der Waals surface area contributed by atoms with Gasteiger partial charge in [0, 0.05) is 18.2 Å². The van der Waals surface area contributed by atoms with Crippen molar-refractivity contribution in [2.75, 3.05) is 6.54 Å². The molecule has 4 nitrogen and oxygen atoms in total. The minimum absolute atomic E-state index is 0.323. The number of hydrogen-bond donors (Lipinski definition) is 1. The van der Waals surface area contributed by atoms with E-state index in [0.29, 0.717) is 24.1 Å². The van der Waals surface area contributed by atoms with Crippen molar-refractivity contribution in [1.82, 2.24) is 4.72 Å². The first-order valence-corrected chi connectivity index (χ1v) is 8.81. The molecule has 0 amide bonds. The SMILES string of the molecule is CCN=C1CC(SC2CCCCC2)S(=O)(=O)N1. The molecule has 0 aromatic rings. The number of nitrogens with zero attached hydrogens (tertiary/aromatic N) is 1. The van der Waals surface area contributed by atoms with E-state index in [2.05, 4.69) is 9.71 Å². The van der Waals surface area contributed by atoms with Crippen molar-refractivity contribution in [2.24, 2.45) is 4.99 Å². The Morgan fingerprint density at radius 1 is 1.35 bits per heavy atom. The van der Waals surface area contributed by atoms with Gasteiger partial charge in [0.1, 0.15) is 10.4 Å². The highest BCUT2D eigenvalue weighted by Crippen LogP contribution is 2.36. The Bertz CT molecular complexity index is 386. The first-order valence-electron chi connectivity index (χ1n) is 6.32. The molecule has 2 fully saturated rings. The molecule has 1 heterocycles. The number of hydrogen-bond acceptors (Lipinski definition) is 4. The van der Waals surface area contributed by atoms with E-state index < -0.39 is 10.0 Å². The summed E-state index contributed by atoms with van der Waals surface area (Å²) in [6.07, 6.45) is 6.67. The number of rotatable bonds is 3. The molecule has 6 heteroatoms. The number of amidine groups is 1. The number of thioether (sulfide) groups is 1. The third-order valence-corrected chi connectivity index (χ3v) is 7.01. The lowest BCUT2D eigenvalue weighted by Gasteiger charge is -2.22. The van der Waals surface area contributed by atoms with Gasteiger partial charge in [0.2, 0.25) is 10.0 Å². The van der Waals surface area contributed by atoms with Crippen LogP contribution in [0.25, 0.3) is 0 Å². The lowest BCUT2D eigenvalue weighted by molar-refractivity contribution is 0.515. The highest BCUT2D eigenvalue weighted by atomic mass is 32.3. The van der Waals surface area contributed by atoms with Crippen LogP contribution < -0.4 is 4.72 Å². The molecule has 0 spiro atoms. The molecule has 0 radical (unpaired) electrons. The predicted molar refractivity (Wildman–Crippen MR) is 72.9 cm³/mol. The molecule has 1 N–H and O–H groups in total. The van der Waals surface area contributed by atoms with E-state index in [1.54, 1.807) is 11.8 Å². The third-order valence-electron chi connectivity index (χ3n) is 3.21. The molecule has 1 saturated carbocycles. The van der Waals surface area contributed by atoms with E-state index in [9.17, 15) is 8.42 Å². The Morgan fingerprint density at radius 2 is 2.06 bits per heavy atom. The molecule has 17 heavy (non-hydrogen) atoms. The molecule has 0 bridgehead atoms. The summed E-state index contributed by atoms with van der Waals surface area (Å²) >= 11 is 1.63. The first kappa shape index (κ1) is 13.2. The fourth-order valence-electron chi connectivity index (χ4n) is 2.36. The van der Waals surface area contributed by atoms with Gasteiger partial charge in [-0.1, -0.05) is 19.3 Å². The maximum atomic E-state index is 11.9. The van der Waals surface area contributed by atoms with Crippen LogP contribution in [-0.2, 0) is 10.0 Å². The van der Waals surface area contributed by atoms with Crippen LogP contribution in [0.3, 0.4) is 0 Å². The van der Waals surface area contributed by atoms with E-state index >= 15 is 0 Å². The molecule has 1 aliphatic heterocycles. The Morgan fingerprint density at radius 3 is 2.71 bits per heavy atom. The second-order valence-corrected chi connectivity index (χ2v) is 8.27. The van der Waals surface area contributed by atoms with Crippen molar-refractivity contribution in [1.29, 1.82) is 0 Å². The van der Waals surface area contributed by atoms with E-state index in [4.69, 9.17) is 0 Å². The maximum absolute atomic E-state index is 11.9. The van der Waals surface area contributed by atoms with Crippen molar-refractivity contribution in [3.05, 3.63) is 0 Å². The predicted octanol–water partition coefficient (Wildman–Crippen LogP) is 2.12. The molecule has 98 valence electrons. The molecule has 0 aromatic heterocycles. The van der Waals surface area contributed by atoms with Crippen molar-refractivity contribution in [3.63, 3.8) is 0 Å². The van der Waals surface area contributed by atoms with Gasteiger partial charge in [-0.25, -0.2) is 8.42 Å². The quantitative estimate of drug-likeness (QED) is 0.859. The third kappa shape index (κ3) is 3.37. The van der Waals surface area contributed by atoms with Crippen LogP contribution in [0.4, 0.5) is 0 Å². The fourth-order valence-corrected chi connectivity index (χ4v) is 5.84. The summed E-state index contributed by atoms with van der Waals surface area (Å²) in [5.41, 5.74) is 0. The average molecular weight is 276 g/mol. The number of nitrogens with one attached hydrogen (secondary N) is 1. The van der Waals surface area contributed by atoms with E-state index in [-0.39, 0.29) is 4.58 Å². The Kier molecular flexibility index (Phi) is 4.36. The zero-order valence-electron chi connectivity index (χ0n) is 10.2. The van der Waals surface area contributed by atoms with Gasteiger partial charge in [0.25, 0.3) is 0 Å². The van der Waals surface area contributed by atoms with Crippen LogP contribution in [0.5, 0.6) is 0 Å². The molecule has 1 aliphatic carbocycles. The van der Waals surface area contributed by atoms with Gasteiger partial charge in [0.15, 0.2) is 0 Å². The maximum Gasteiger partial charge on any atom is 0.246 e. The molecule has 1 atom stereocenters. The summed E-state index contributed by atoms with van der Waals surface area (Å²) in [5, 5.41) is 0.520. The number of sulfonamides is 1. The summed E-state index contributed by atoms with van der Waals surface area (Å²) in [6, 6.07) is 0. The van der Waals surface area contributed by atoms with Crippen molar-refractivity contribution < 1.29 is 8.42 Å². The van der Waals surface area contributed by atoms with Gasteiger partial charge in [-0.15, -0.1) is 11.8 Å². The van der Waals surface area contributed by atoms with Crippen molar-refractivity contribution >= 4 is 27.6 Å². The zero-order valence-corrected chi connectivity index (χ0v) is 11.8. The molecule has 2 aliphatic rings. The van der Waals surface area contributed by atoms with Crippen LogP contribution in [0.15, 0.2) is 4.99 Å². The molecule has 2 rings (SSSR count). The van der Waals surface area contributed by atoms with Gasteiger partial charge in [-0.05, 0) is 19.8 Å². The summed E-state index contributed by atoms with van der Waals surface area (Å²) < 4.78 is 26.1. The minimum atomic E-state index is -3.18. The largest absolute Gasteiger partial charge is 0.272 e. The molecular formula is C11H20N2O2S2. The summed E-state index contributed by atoms with van der Waals surface area (Å²) in [5.74, 6) is 0.640. The van der Waals surface area contributed by atoms with Crippen LogP contribution >= 0.6 is 11.8 Å². The minimum Gasteiger partial charge on any atom is -0.272 e. The highest BCUT2D eigenvalue weighted by Gasteiger charge is 2.37. The van der Waals surface area contributed by atoms with Crippen molar-refractivity contribution in [2.45, 2.75) is 55.3 Å². The molecule has 1 saturated heterocycles. The Labute approximate surface area is 108 Å². The Balaban J connectivity index is 1.98. The van der Waals surface area contributed by atoms with Crippen LogP contribution in [-0.4, -0.2) is 30.6 Å². The second kappa shape index (κ2) is 5.61. The summed E-state index contributed by atoms with van der Waals surface area (Å²) in [6.45, 7) is 2.56. The lowest BCUT2D eigenvalue weighted by atomic mass is 10.0. The van der Waals surface area contributed by atoms with Crippen LogP contribution in [0.1, 0.15) is 45.4 Å². The average Bonchev–Trinajstić information content (AvgIpc) is 2.55. The summed E-state index contributed by atoms with van der Waals surface area (Å²) in [7, 11) is -3.18. The van der Waals surface area contributed by atoms with Crippen LogP contribution in [0, 0.1) is 0 Å². The normalized spacial score (nSPS) is 31.6. The van der Waals surface area contributed by atoms with Gasteiger partial charge < -0.3 is 0 Å². The lowest BCUT2D eigenvalue weighted by Crippen LogP contribution is -2.25. The monoisotopic (exact) mass is 276 g/mol. The number of aliphatic imine (C=N–C) groups is 1. The second-order valence-electron chi connectivity index (χ2n) is 4.60. The van der Waals surface area contributed by atoms with Gasteiger partial charge in [0.05, 0.1) is 0 Å². The van der Waals surface area contributed by atoms with E-state index in [1.165, 1.54) is 19.3 Å². The highest BCUT2D eigenvalue weighted by molar-refractivity contribution is 8.13. The van der Waals surface area contributed by atoms with Crippen LogP contribution in [0.2, 0.25) is 0 Å². The van der Waals surface area contributed by atoms with E-state index in [1.807, 2.05) is 6.92 Å². The standard InChI is InChI=1S/C11H20N2O2S2/c1-2-12-10-8-11(17(14,15)13-10)16-9-6-4-3-5-7-9/h9,11H,2-8H2,1H3,(H,12,13). The summed E-state index contributed by atoms with van der Waals surface area (Å²) in [4.78, 5) is 4.18.